The van der Waals surface area contributed by atoms with Gasteiger partial charge in [0.1, 0.15) is 0 Å². The second kappa shape index (κ2) is 6.92. The molecule has 1 fully saturated rings. The van der Waals surface area contributed by atoms with Gasteiger partial charge in [-0.25, -0.2) is 0 Å². The van der Waals surface area contributed by atoms with Crippen LogP contribution in [-0.2, 0) is 11.3 Å². The number of thioether (sulfide) groups is 1. The summed E-state index contributed by atoms with van der Waals surface area (Å²) < 4.78 is 1.93. The number of aromatic nitrogens is 2. The fourth-order valence-corrected chi connectivity index (χ4v) is 3.29. The Morgan fingerprint density at radius 1 is 1.45 bits per heavy atom. The van der Waals surface area contributed by atoms with Crippen molar-refractivity contribution in [2.45, 2.75) is 44.3 Å². The van der Waals surface area contributed by atoms with Crippen molar-refractivity contribution >= 4 is 17.7 Å². The van der Waals surface area contributed by atoms with Crippen LogP contribution in [0.15, 0.2) is 22.2 Å². The summed E-state index contributed by atoms with van der Waals surface area (Å²) in [5, 5.41) is 9.26. The van der Waals surface area contributed by atoms with Crippen molar-refractivity contribution < 1.29 is 9.90 Å². The normalized spacial score (nSPS) is 22.6. The first-order valence-corrected chi connectivity index (χ1v) is 7.95. The van der Waals surface area contributed by atoms with Gasteiger partial charge in [0, 0.05) is 18.8 Å². The van der Waals surface area contributed by atoms with Crippen LogP contribution in [0.25, 0.3) is 0 Å². The molecule has 0 amide bonds. The highest BCUT2D eigenvalue weighted by atomic mass is 32.2. The third-order valence-corrected chi connectivity index (χ3v) is 4.74. The summed E-state index contributed by atoms with van der Waals surface area (Å²) in [6, 6.07) is 1.44. The molecule has 0 radical (unpaired) electrons. The lowest BCUT2D eigenvalue weighted by Gasteiger charge is -2.27. The lowest BCUT2D eigenvalue weighted by molar-refractivity contribution is -0.133. The number of carboxylic acids is 1. The maximum absolute atomic E-state index is 11.3. The zero-order valence-electron chi connectivity index (χ0n) is 11.6. The molecular formula is C14H20N2O3S. The fourth-order valence-electron chi connectivity index (χ4n) is 2.58. The Balaban J connectivity index is 2.06. The van der Waals surface area contributed by atoms with Gasteiger partial charge in [-0.3, -0.25) is 9.59 Å². The number of carboxylic acid groups (broad SMARTS) is 1. The Bertz CT molecular complexity index is 521. The molecule has 1 heterocycles. The second-order valence-electron chi connectivity index (χ2n) is 5.51. The Morgan fingerprint density at radius 2 is 2.15 bits per heavy atom. The molecule has 0 aliphatic heterocycles. The Morgan fingerprint density at radius 3 is 2.80 bits per heavy atom. The second-order valence-corrected chi connectivity index (χ2v) is 6.45. The summed E-state index contributed by atoms with van der Waals surface area (Å²) in [6.45, 7) is 3.10. The molecule has 1 aromatic heterocycles. The summed E-state index contributed by atoms with van der Waals surface area (Å²) in [5.74, 6) is 0.433. The van der Waals surface area contributed by atoms with Crippen LogP contribution in [0.4, 0.5) is 0 Å². The predicted molar refractivity (Wildman–Crippen MR) is 78.0 cm³/mol. The molecule has 0 bridgehead atoms. The first-order valence-electron chi connectivity index (χ1n) is 6.96. The van der Waals surface area contributed by atoms with Crippen LogP contribution in [-0.4, -0.2) is 26.4 Å². The highest BCUT2D eigenvalue weighted by molar-refractivity contribution is 7.99. The summed E-state index contributed by atoms with van der Waals surface area (Å²) in [5.41, 5.74) is -0.314. The molecule has 6 heteroatoms. The van der Waals surface area contributed by atoms with Gasteiger partial charge in [0.05, 0.1) is 5.75 Å². The van der Waals surface area contributed by atoms with Gasteiger partial charge in [0.2, 0.25) is 0 Å². The minimum atomic E-state index is -0.897. The average molecular weight is 296 g/mol. The zero-order chi connectivity index (χ0) is 14.5. The van der Waals surface area contributed by atoms with Crippen LogP contribution in [0, 0.1) is 11.8 Å². The molecule has 20 heavy (non-hydrogen) atoms. The van der Waals surface area contributed by atoms with E-state index in [4.69, 9.17) is 5.11 Å². The fraction of sp³-hybridized carbons (Fsp3) is 0.643. The van der Waals surface area contributed by atoms with E-state index in [1.54, 1.807) is 6.20 Å². The van der Waals surface area contributed by atoms with Crippen molar-refractivity contribution in [2.75, 3.05) is 5.75 Å². The van der Waals surface area contributed by atoms with Gasteiger partial charge in [-0.05, 0) is 24.7 Å². The van der Waals surface area contributed by atoms with Gasteiger partial charge >= 0.3 is 5.97 Å². The predicted octanol–water partition coefficient (Wildman–Crippen LogP) is 2.25. The SMILES string of the molecule is CC1CCC(Cn2ccc(=O)nc2SCC(=O)O)CC1. The van der Waals surface area contributed by atoms with E-state index in [0.717, 1.165) is 24.2 Å². The molecule has 1 aliphatic carbocycles. The van der Waals surface area contributed by atoms with Crippen LogP contribution in [0.5, 0.6) is 0 Å². The lowest BCUT2D eigenvalue weighted by Crippen LogP contribution is -2.21. The minimum Gasteiger partial charge on any atom is -0.481 e. The van der Waals surface area contributed by atoms with Gasteiger partial charge < -0.3 is 9.67 Å². The Labute approximate surface area is 122 Å². The van der Waals surface area contributed by atoms with Crippen LogP contribution in [0.1, 0.15) is 32.6 Å². The molecule has 1 aliphatic rings. The van der Waals surface area contributed by atoms with E-state index in [1.165, 1.54) is 31.7 Å². The van der Waals surface area contributed by atoms with E-state index < -0.39 is 5.97 Å². The summed E-state index contributed by atoms with van der Waals surface area (Å²) >= 11 is 1.11. The largest absolute Gasteiger partial charge is 0.481 e. The van der Waals surface area contributed by atoms with Crippen molar-refractivity contribution in [1.29, 1.82) is 0 Å². The quantitative estimate of drug-likeness (QED) is 0.666. The molecule has 2 rings (SSSR count). The number of hydrogen-bond acceptors (Lipinski definition) is 4. The van der Waals surface area contributed by atoms with Crippen molar-refractivity contribution in [3.05, 3.63) is 22.6 Å². The third-order valence-electron chi connectivity index (χ3n) is 3.76. The zero-order valence-corrected chi connectivity index (χ0v) is 12.4. The Hall–Kier alpha value is -1.30. The minimum absolute atomic E-state index is 0.0713. The molecule has 110 valence electrons. The van der Waals surface area contributed by atoms with E-state index >= 15 is 0 Å². The molecule has 0 atom stereocenters. The number of nitrogens with zero attached hydrogens (tertiary/aromatic N) is 2. The smallest absolute Gasteiger partial charge is 0.313 e. The van der Waals surface area contributed by atoms with Crippen LogP contribution in [0.2, 0.25) is 0 Å². The number of carbonyl (C=O) groups is 1. The summed E-state index contributed by atoms with van der Waals surface area (Å²) in [4.78, 5) is 25.9. The molecule has 5 nitrogen and oxygen atoms in total. The maximum Gasteiger partial charge on any atom is 0.313 e. The molecule has 0 aromatic carbocycles. The third kappa shape index (κ3) is 4.37. The Kier molecular flexibility index (Phi) is 5.23. The van der Waals surface area contributed by atoms with Gasteiger partial charge in [-0.15, -0.1) is 0 Å². The van der Waals surface area contributed by atoms with E-state index in [1.807, 2.05) is 4.57 Å². The molecule has 0 saturated heterocycles. The maximum atomic E-state index is 11.3. The molecule has 1 N–H and O–H groups in total. The van der Waals surface area contributed by atoms with E-state index in [0.29, 0.717) is 11.1 Å². The first-order chi connectivity index (χ1) is 9.54. The summed E-state index contributed by atoms with van der Waals surface area (Å²) in [7, 11) is 0. The monoisotopic (exact) mass is 296 g/mol. The average Bonchev–Trinajstić information content (AvgIpc) is 2.41. The highest BCUT2D eigenvalue weighted by Gasteiger charge is 2.19. The molecule has 0 unspecified atom stereocenters. The van der Waals surface area contributed by atoms with Crippen LogP contribution < -0.4 is 5.56 Å². The van der Waals surface area contributed by atoms with Gasteiger partial charge in [-0.1, -0.05) is 31.5 Å². The van der Waals surface area contributed by atoms with Crippen molar-refractivity contribution in [3.63, 3.8) is 0 Å². The number of aliphatic carboxylic acids is 1. The highest BCUT2D eigenvalue weighted by Crippen LogP contribution is 2.30. The topological polar surface area (TPSA) is 72.2 Å². The summed E-state index contributed by atoms with van der Waals surface area (Å²) in [6.07, 6.45) is 6.61. The first kappa shape index (κ1) is 15.1. The van der Waals surface area contributed by atoms with Crippen LogP contribution >= 0.6 is 11.8 Å². The van der Waals surface area contributed by atoms with Gasteiger partial charge in [0.15, 0.2) is 5.16 Å². The lowest BCUT2D eigenvalue weighted by atomic mass is 9.83. The van der Waals surface area contributed by atoms with Crippen LogP contribution in [0.3, 0.4) is 0 Å². The number of hydrogen-bond donors (Lipinski definition) is 1. The van der Waals surface area contributed by atoms with Gasteiger partial charge in [-0.2, -0.15) is 4.98 Å². The molecular weight excluding hydrogens is 276 g/mol. The number of rotatable bonds is 5. The molecule has 1 aromatic rings. The standard InChI is InChI=1S/C14H20N2O3S/c1-10-2-4-11(5-3-10)8-16-7-6-12(17)15-14(16)20-9-13(18)19/h6-7,10-11H,2-5,8-9H2,1H3,(H,18,19). The molecule has 0 spiro atoms. The van der Waals surface area contributed by atoms with Gasteiger partial charge in [0.25, 0.3) is 5.56 Å². The van der Waals surface area contributed by atoms with E-state index in [-0.39, 0.29) is 11.3 Å². The molecule has 1 saturated carbocycles. The van der Waals surface area contributed by atoms with Crippen molar-refractivity contribution in [1.82, 2.24) is 9.55 Å². The van der Waals surface area contributed by atoms with E-state index in [9.17, 15) is 9.59 Å². The van der Waals surface area contributed by atoms with Crippen molar-refractivity contribution in [3.8, 4) is 0 Å². The van der Waals surface area contributed by atoms with E-state index in [2.05, 4.69) is 11.9 Å². The van der Waals surface area contributed by atoms with Crippen molar-refractivity contribution in [2.24, 2.45) is 11.8 Å².